The summed E-state index contributed by atoms with van der Waals surface area (Å²) in [6, 6.07) is 10.0. The van der Waals surface area contributed by atoms with E-state index in [9.17, 15) is 4.79 Å². The normalized spacial score (nSPS) is 17.7. The number of hydrogen-bond donors (Lipinski definition) is 3. The van der Waals surface area contributed by atoms with Crippen molar-refractivity contribution in [2.45, 2.75) is 12.5 Å². The van der Waals surface area contributed by atoms with E-state index in [1.165, 1.54) is 0 Å². The number of nitrogens with two attached hydrogens (primary N) is 1. The van der Waals surface area contributed by atoms with Gasteiger partial charge in [-0.05, 0) is 25.1 Å². The molecule has 1 aliphatic rings. The first-order valence-electron chi connectivity index (χ1n) is 8.31. The van der Waals surface area contributed by atoms with E-state index < -0.39 is 0 Å². The lowest BCUT2D eigenvalue weighted by Crippen LogP contribution is -2.18. The summed E-state index contributed by atoms with van der Waals surface area (Å²) >= 11 is 0. The lowest BCUT2D eigenvalue weighted by molar-refractivity contribution is 0.563. The fourth-order valence-corrected chi connectivity index (χ4v) is 3.70. The topological polar surface area (TPSA) is 102 Å². The zero-order valence-electron chi connectivity index (χ0n) is 13.5. The minimum absolute atomic E-state index is 0.212. The van der Waals surface area contributed by atoms with E-state index >= 15 is 0 Å². The zero-order valence-corrected chi connectivity index (χ0v) is 13.5. The molecule has 7 heteroatoms. The van der Waals surface area contributed by atoms with Crippen LogP contribution in [0, 0.1) is 0 Å². The van der Waals surface area contributed by atoms with Crippen molar-refractivity contribution in [2.24, 2.45) is 0 Å². The van der Waals surface area contributed by atoms with E-state index in [1.807, 2.05) is 41.1 Å². The first-order chi connectivity index (χ1) is 12.2. The molecule has 1 atom stereocenters. The Kier molecular flexibility index (Phi) is 2.98. The summed E-state index contributed by atoms with van der Waals surface area (Å²) in [7, 11) is 0. The SMILES string of the molecule is Nc1n[nH]c(=O)c2c1c(-c1cc3ccccc3o1)cn2[C@H]1CCNC1. The number of benzene rings is 1. The molecule has 4 heterocycles. The average Bonchev–Trinajstić information content (AvgIpc) is 3.35. The van der Waals surface area contributed by atoms with Crippen LogP contribution in [0.15, 0.2) is 45.7 Å². The van der Waals surface area contributed by atoms with Gasteiger partial charge in [0.25, 0.3) is 5.56 Å². The lowest BCUT2D eigenvalue weighted by Gasteiger charge is -2.11. The largest absolute Gasteiger partial charge is 0.456 e. The van der Waals surface area contributed by atoms with E-state index in [2.05, 4.69) is 15.5 Å². The Morgan fingerprint density at radius 3 is 3.00 bits per heavy atom. The van der Waals surface area contributed by atoms with E-state index in [1.54, 1.807) is 0 Å². The van der Waals surface area contributed by atoms with Crippen molar-refractivity contribution in [1.82, 2.24) is 20.1 Å². The van der Waals surface area contributed by atoms with Gasteiger partial charge in [-0.25, -0.2) is 5.10 Å². The molecule has 0 aliphatic carbocycles. The van der Waals surface area contributed by atoms with Crippen molar-refractivity contribution in [3.8, 4) is 11.3 Å². The molecule has 0 spiro atoms. The van der Waals surface area contributed by atoms with E-state index in [0.29, 0.717) is 22.5 Å². The number of nitrogens with one attached hydrogen (secondary N) is 2. The average molecular weight is 335 g/mol. The minimum Gasteiger partial charge on any atom is -0.456 e. The molecule has 3 aromatic heterocycles. The van der Waals surface area contributed by atoms with Crippen molar-refractivity contribution >= 4 is 27.7 Å². The van der Waals surface area contributed by atoms with Gasteiger partial charge in [-0.1, -0.05) is 18.2 Å². The monoisotopic (exact) mass is 335 g/mol. The Labute approximate surface area is 142 Å². The summed E-state index contributed by atoms with van der Waals surface area (Å²) in [5.74, 6) is 0.991. The number of aromatic nitrogens is 3. The second-order valence-electron chi connectivity index (χ2n) is 6.41. The van der Waals surface area contributed by atoms with Gasteiger partial charge in [-0.3, -0.25) is 4.79 Å². The molecule has 0 radical (unpaired) electrons. The predicted molar refractivity (Wildman–Crippen MR) is 96.5 cm³/mol. The number of hydrogen-bond acceptors (Lipinski definition) is 5. The van der Waals surface area contributed by atoms with Crippen LogP contribution in [0.3, 0.4) is 0 Å². The molecule has 1 aliphatic heterocycles. The van der Waals surface area contributed by atoms with Gasteiger partial charge in [-0.15, -0.1) is 0 Å². The summed E-state index contributed by atoms with van der Waals surface area (Å²) in [5, 5.41) is 11.4. The first-order valence-corrected chi connectivity index (χ1v) is 8.31. The standard InChI is InChI=1S/C18H17N5O2/c19-17-15-12(14-7-10-3-1-2-4-13(10)25-14)9-23(11-5-6-20-8-11)16(15)18(24)22-21-17/h1-4,7,9,11,20H,5-6,8H2,(H2,19,21)(H,22,24)/t11-/m0/s1. The molecule has 4 N–H and O–H groups in total. The van der Waals surface area contributed by atoms with Crippen LogP contribution < -0.4 is 16.6 Å². The first kappa shape index (κ1) is 14.3. The number of nitrogens with zero attached hydrogens (tertiary/aromatic N) is 2. The van der Waals surface area contributed by atoms with Gasteiger partial charge in [0, 0.05) is 29.7 Å². The lowest BCUT2D eigenvalue weighted by atomic mass is 10.1. The Morgan fingerprint density at radius 2 is 2.20 bits per heavy atom. The van der Waals surface area contributed by atoms with Gasteiger partial charge in [0.1, 0.15) is 16.9 Å². The number of H-pyrrole nitrogens is 1. The van der Waals surface area contributed by atoms with Crippen LogP contribution in [0.5, 0.6) is 0 Å². The van der Waals surface area contributed by atoms with E-state index in [4.69, 9.17) is 10.2 Å². The third-order valence-corrected chi connectivity index (χ3v) is 4.90. The quantitative estimate of drug-likeness (QED) is 0.521. The second-order valence-corrected chi connectivity index (χ2v) is 6.41. The number of fused-ring (bicyclic) bond motifs is 2. The fraction of sp³-hybridized carbons (Fsp3) is 0.222. The highest BCUT2D eigenvalue weighted by Crippen LogP contribution is 2.37. The molecule has 0 saturated carbocycles. The van der Waals surface area contributed by atoms with Crippen molar-refractivity contribution < 1.29 is 4.42 Å². The van der Waals surface area contributed by atoms with Crippen LogP contribution >= 0.6 is 0 Å². The van der Waals surface area contributed by atoms with Crippen LogP contribution in [0.25, 0.3) is 33.2 Å². The number of furan rings is 1. The van der Waals surface area contributed by atoms with Gasteiger partial charge in [0.05, 0.1) is 5.39 Å². The van der Waals surface area contributed by atoms with Crippen molar-refractivity contribution in [3.05, 3.63) is 46.9 Å². The summed E-state index contributed by atoms with van der Waals surface area (Å²) in [6.45, 7) is 1.76. The molecule has 4 aromatic rings. The van der Waals surface area contributed by atoms with Crippen LogP contribution in [0.4, 0.5) is 5.82 Å². The summed E-state index contributed by atoms with van der Waals surface area (Å²) in [6.07, 6.45) is 2.93. The summed E-state index contributed by atoms with van der Waals surface area (Å²) in [5.41, 5.74) is 8.04. The molecule has 1 aromatic carbocycles. The van der Waals surface area contributed by atoms with E-state index in [0.717, 1.165) is 36.0 Å². The van der Waals surface area contributed by atoms with Crippen molar-refractivity contribution in [2.75, 3.05) is 18.8 Å². The Morgan fingerprint density at radius 1 is 1.32 bits per heavy atom. The Bertz CT molecular complexity index is 1110. The second kappa shape index (κ2) is 5.22. The van der Waals surface area contributed by atoms with Gasteiger partial charge >= 0.3 is 0 Å². The van der Waals surface area contributed by atoms with Crippen LogP contribution in [-0.4, -0.2) is 27.9 Å². The van der Waals surface area contributed by atoms with Gasteiger partial charge in [-0.2, -0.15) is 5.10 Å². The molecule has 7 nitrogen and oxygen atoms in total. The van der Waals surface area contributed by atoms with Crippen LogP contribution in [-0.2, 0) is 0 Å². The molecule has 1 fully saturated rings. The molecule has 1 saturated heterocycles. The molecule has 0 amide bonds. The van der Waals surface area contributed by atoms with Gasteiger partial charge in [0.15, 0.2) is 5.82 Å². The predicted octanol–water partition coefficient (Wildman–Crippen LogP) is 2.25. The molecular weight excluding hydrogens is 318 g/mol. The molecule has 25 heavy (non-hydrogen) atoms. The van der Waals surface area contributed by atoms with Crippen LogP contribution in [0.1, 0.15) is 12.5 Å². The van der Waals surface area contributed by atoms with Crippen molar-refractivity contribution in [3.63, 3.8) is 0 Å². The van der Waals surface area contributed by atoms with Crippen LogP contribution in [0.2, 0.25) is 0 Å². The highest BCUT2D eigenvalue weighted by molar-refractivity contribution is 6.02. The number of rotatable bonds is 2. The smallest absolute Gasteiger partial charge is 0.288 e. The molecular formula is C18H17N5O2. The molecule has 0 unspecified atom stereocenters. The summed E-state index contributed by atoms with van der Waals surface area (Å²) in [4.78, 5) is 12.5. The summed E-state index contributed by atoms with van der Waals surface area (Å²) < 4.78 is 8.02. The minimum atomic E-state index is -0.238. The highest BCUT2D eigenvalue weighted by Gasteiger charge is 2.25. The molecule has 0 bridgehead atoms. The maximum absolute atomic E-state index is 12.5. The Balaban J connectivity index is 1.83. The maximum Gasteiger partial charge on any atom is 0.288 e. The highest BCUT2D eigenvalue weighted by atomic mass is 16.3. The number of anilines is 1. The number of para-hydroxylation sites is 1. The third-order valence-electron chi connectivity index (χ3n) is 4.90. The van der Waals surface area contributed by atoms with E-state index in [-0.39, 0.29) is 11.6 Å². The maximum atomic E-state index is 12.5. The fourth-order valence-electron chi connectivity index (χ4n) is 3.70. The Hall–Kier alpha value is -3.06. The van der Waals surface area contributed by atoms with Gasteiger partial charge in [0.2, 0.25) is 0 Å². The third kappa shape index (κ3) is 2.09. The molecule has 126 valence electrons. The number of nitrogen functional groups attached to an aromatic ring is 1. The number of aromatic amines is 1. The zero-order chi connectivity index (χ0) is 17.0. The van der Waals surface area contributed by atoms with Crippen molar-refractivity contribution in [1.29, 1.82) is 0 Å². The molecule has 5 rings (SSSR count). The van der Waals surface area contributed by atoms with Gasteiger partial charge < -0.3 is 20.0 Å².